The van der Waals surface area contributed by atoms with Gasteiger partial charge in [0.25, 0.3) is 0 Å². The number of rotatable bonds is 5. The van der Waals surface area contributed by atoms with Crippen molar-refractivity contribution in [1.82, 2.24) is 9.88 Å². The molecule has 0 saturated carbocycles. The van der Waals surface area contributed by atoms with Crippen LogP contribution < -0.4 is 5.32 Å². The summed E-state index contributed by atoms with van der Waals surface area (Å²) in [6, 6.07) is 7.33. The molecule has 24 heavy (non-hydrogen) atoms. The maximum absolute atomic E-state index is 12.7. The molecule has 1 aliphatic heterocycles. The summed E-state index contributed by atoms with van der Waals surface area (Å²) >= 11 is 0. The Kier molecular flexibility index (Phi) is 5.15. The summed E-state index contributed by atoms with van der Waals surface area (Å²) in [5.74, 6) is 1.31. The Balaban J connectivity index is 1.71. The van der Waals surface area contributed by atoms with E-state index in [4.69, 9.17) is 9.15 Å². The highest BCUT2D eigenvalue weighted by atomic mass is 16.5. The molecule has 3 heterocycles. The Morgan fingerprint density at radius 2 is 2.29 bits per heavy atom. The number of hydrogen-bond donors (Lipinski definition) is 1. The molecule has 1 fully saturated rings. The van der Waals surface area contributed by atoms with Gasteiger partial charge < -0.3 is 14.1 Å². The van der Waals surface area contributed by atoms with Crippen LogP contribution in [0.15, 0.2) is 34.9 Å². The van der Waals surface area contributed by atoms with E-state index < -0.39 is 0 Å². The van der Waals surface area contributed by atoms with E-state index in [0.717, 1.165) is 36.5 Å². The quantitative estimate of drug-likeness (QED) is 0.911. The lowest BCUT2D eigenvalue weighted by Crippen LogP contribution is -2.39. The molecule has 2 amide bonds. The highest BCUT2D eigenvalue weighted by molar-refractivity contribution is 5.88. The van der Waals surface area contributed by atoms with Crippen LogP contribution in [0.3, 0.4) is 0 Å². The van der Waals surface area contributed by atoms with E-state index in [9.17, 15) is 4.79 Å². The van der Waals surface area contributed by atoms with Crippen LogP contribution in [0.1, 0.15) is 29.9 Å². The molecule has 0 spiro atoms. The lowest BCUT2D eigenvalue weighted by atomic mass is 10.2. The first kappa shape index (κ1) is 16.5. The van der Waals surface area contributed by atoms with Gasteiger partial charge in [-0.2, -0.15) is 0 Å². The van der Waals surface area contributed by atoms with Gasteiger partial charge in [0.15, 0.2) is 0 Å². The third-order valence-electron chi connectivity index (χ3n) is 3.99. The second-order valence-electron chi connectivity index (χ2n) is 6.20. The van der Waals surface area contributed by atoms with E-state index in [1.807, 2.05) is 38.1 Å². The molecule has 1 saturated heterocycles. The molecule has 1 N–H and O–H groups in total. The number of ether oxygens (including phenoxy) is 1. The van der Waals surface area contributed by atoms with Crippen LogP contribution in [0.5, 0.6) is 0 Å². The number of nitrogens with zero attached hydrogens (tertiary/aromatic N) is 2. The van der Waals surface area contributed by atoms with Crippen LogP contribution in [0.2, 0.25) is 0 Å². The van der Waals surface area contributed by atoms with Gasteiger partial charge in [0.1, 0.15) is 11.6 Å². The van der Waals surface area contributed by atoms with Gasteiger partial charge in [-0.25, -0.2) is 9.78 Å². The standard InChI is InChI=1S/C18H23N3O3/c1-13-9-14(2)19-17(10-13)20-18(22)21(11-15-5-3-7-23-15)12-16-6-4-8-24-16/h3,5,7,9-10,16H,4,6,8,11-12H2,1-2H3,(H,19,20,22)/t16-/m0/s1. The molecule has 1 aliphatic rings. The van der Waals surface area contributed by atoms with Gasteiger partial charge in [-0.05, 0) is 56.5 Å². The van der Waals surface area contributed by atoms with Crippen LogP contribution in [-0.4, -0.2) is 35.2 Å². The maximum Gasteiger partial charge on any atom is 0.323 e. The third-order valence-corrected chi connectivity index (χ3v) is 3.99. The summed E-state index contributed by atoms with van der Waals surface area (Å²) in [6.45, 7) is 5.60. The first-order valence-corrected chi connectivity index (χ1v) is 8.25. The van der Waals surface area contributed by atoms with Crippen molar-refractivity contribution in [3.8, 4) is 0 Å². The van der Waals surface area contributed by atoms with Crippen LogP contribution >= 0.6 is 0 Å². The minimum atomic E-state index is -0.195. The lowest BCUT2D eigenvalue weighted by molar-refractivity contribution is 0.0802. The monoisotopic (exact) mass is 329 g/mol. The number of carbonyl (C=O) groups is 1. The molecule has 2 aromatic rings. The van der Waals surface area contributed by atoms with Crippen molar-refractivity contribution >= 4 is 11.8 Å². The van der Waals surface area contributed by atoms with Crippen LogP contribution in [0, 0.1) is 13.8 Å². The van der Waals surface area contributed by atoms with Gasteiger partial charge in [0, 0.05) is 18.8 Å². The van der Waals surface area contributed by atoms with Gasteiger partial charge in [0.05, 0.1) is 18.9 Å². The molecule has 6 nitrogen and oxygen atoms in total. The molecule has 0 radical (unpaired) electrons. The van der Waals surface area contributed by atoms with Crippen molar-refractivity contribution in [1.29, 1.82) is 0 Å². The second-order valence-corrected chi connectivity index (χ2v) is 6.20. The van der Waals surface area contributed by atoms with Crippen LogP contribution in [0.4, 0.5) is 10.6 Å². The summed E-state index contributed by atoms with van der Waals surface area (Å²) < 4.78 is 11.1. The topological polar surface area (TPSA) is 67.6 Å². The number of aromatic nitrogens is 1. The zero-order valence-electron chi connectivity index (χ0n) is 14.1. The largest absolute Gasteiger partial charge is 0.467 e. The van der Waals surface area contributed by atoms with Crippen molar-refractivity contribution in [2.75, 3.05) is 18.5 Å². The zero-order chi connectivity index (χ0) is 16.9. The third kappa shape index (κ3) is 4.35. The number of pyridine rings is 1. The Bertz CT molecular complexity index is 659. The van der Waals surface area contributed by atoms with Crippen LogP contribution in [-0.2, 0) is 11.3 Å². The highest BCUT2D eigenvalue weighted by Gasteiger charge is 2.23. The van der Waals surface area contributed by atoms with Gasteiger partial charge >= 0.3 is 6.03 Å². The lowest BCUT2D eigenvalue weighted by Gasteiger charge is -2.24. The van der Waals surface area contributed by atoms with Crippen molar-refractivity contribution in [3.05, 3.63) is 47.5 Å². The number of urea groups is 1. The average molecular weight is 329 g/mol. The number of aryl methyl sites for hydroxylation is 2. The number of amides is 2. The van der Waals surface area contributed by atoms with E-state index in [2.05, 4.69) is 10.3 Å². The van der Waals surface area contributed by atoms with E-state index in [1.165, 1.54) is 0 Å². The Labute approximate surface area is 141 Å². The van der Waals surface area contributed by atoms with E-state index in [0.29, 0.717) is 18.9 Å². The van der Waals surface area contributed by atoms with Crippen LogP contribution in [0.25, 0.3) is 0 Å². The van der Waals surface area contributed by atoms with Crippen molar-refractivity contribution < 1.29 is 13.9 Å². The Hall–Kier alpha value is -2.34. The minimum absolute atomic E-state index is 0.0814. The molecule has 6 heteroatoms. The van der Waals surface area contributed by atoms with Gasteiger partial charge in [-0.3, -0.25) is 5.32 Å². The van der Waals surface area contributed by atoms with Crippen molar-refractivity contribution in [3.63, 3.8) is 0 Å². The Morgan fingerprint density at radius 1 is 1.42 bits per heavy atom. The summed E-state index contributed by atoms with van der Waals surface area (Å²) in [7, 11) is 0. The molecule has 0 bridgehead atoms. The molecule has 3 rings (SSSR count). The predicted octanol–water partition coefficient (Wildman–Crippen LogP) is 3.50. The molecular weight excluding hydrogens is 306 g/mol. The fourth-order valence-electron chi connectivity index (χ4n) is 2.94. The second kappa shape index (κ2) is 7.49. The van der Waals surface area contributed by atoms with Gasteiger partial charge in [-0.15, -0.1) is 0 Å². The number of nitrogens with one attached hydrogen (secondary N) is 1. The predicted molar refractivity (Wildman–Crippen MR) is 90.8 cm³/mol. The first-order valence-electron chi connectivity index (χ1n) is 8.25. The molecule has 0 aliphatic carbocycles. The summed E-state index contributed by atoms with van der Waals surface area (Å²) in [5.41, 5.74) is 1.94. The molecule has 2 aromatic heterocycles. The molecule has 0 aromatic carbocycles. The van der Waals surface area contributed by atoms with Gasteiger partial charge in [0.2, 0.25) is 0 Å². The van der Waals surface area contributed by atoms with E-state index >= 15 is 0 Å². The van der Waals surface area contributed by atoms with Crippen molar-refractivity contribution in [2.45, 2.75) is 39.3 Å². The number of hydrogen-bond acceptors (Lipinski definition) is 4. The summed E-state index contributed by atoms with van der Waals surface area (Å²) in [6.07, 6.45) is 3.71. The number of anilines is 1. The first-order chi connectivity index (χ1) is 11.6. The minimum Gasteiger partial charge on any atom is -0.467 e. The van der Waals surface area contributed by atoms with E-state index in [-0.39, 0.29) is 12.1 Å². The zero-order valence-corrected chi connectivity index (χ0v) is 14.1. The van der Waals surface area contributed by atoms with Gasteiger partial charge in [-0.1, -0.05) is 0 Å². The normalized spacial score (nSPS) is 17.0. The molecular formula is C18H23N3O3. The molecule has 1 atom stereocenters. The van der Waals surface area contributed by atoms with Crippen molar-refractivity contribution in [2.24, 2.45) is 0 Å². The fraction of sp³-hybridized carbons (Fsp3) is 0.444. The van der Waals surface area contributed by atoms with E-state index in [1.54, 1.807) is 11.2 Å². The number of furan rings is 1. The number of carbonyl (C=O) groups excluding carboxylic acids is 1. The average Bonchev–Trinajstić information content (AvgIpc) is 3.19. The summed E-state index contributed by atoms with van der Waals surface area (Å²) in [4.78, 5) is 18.8. The smallest absolute Gasteiger partial charge is 0.323 e. The molecule has 128 valence electrons. The fourth-order valence-corrected chi connectivity index (χ4v) is 2.94. The highest BCUT2D eigenvalue weighted by Crippen LogP contribution is 2.17. The SMILES string of the molecule is Cc1cc(C)nc(NC(=O)N(Cc2ccco2)C[C@@H]2CCCO2)c1. The molecule has 0 unspecified atom stereocenters. The Morgan fingerprint density at radius 3 is 2.96 bits per heavy atom. The maximum atomic E-state index is 12.7. The summed E-state index contributed by atoms with van der Waals surface area (Å²) in [5, 5.41) is 2.89.